The zero-order valence-electron chi connectivity index (χ0n) is 16.0. The number of nitrogens with zero attached hydrogens (tertiary/aromatic N) is 2. The molecule has 144 valence electrons. The summed E-state index contributed by atoms with van der Waals surface area (Å²) in [4.78, 5) is 18.8. The smallest absolute Gasteiger partial charge is 0.254 e. The minimum atomic E-state index is 0.140. The summed E-state index contributed by atoms with van der Waals surface area (Å²) < 4.78 is 5.23. The predicted octanol–water partition coefficient (Wildman–Crippen LogP) is 4.31. The van der Waals surface area contributed by atoms with Gasteiger partial charge >= 0.3 is 0 Å². The zero-order valence-corrected chi connectivity index (χ0v) is 16.8. The Labute approximate surface area is 170 Å². The van der Waals surface area contributed by atoms with Gasteiger partial charge in [-0.15, -0.1) is 11.3 Å². The number of hydrogen-bond donors (Lipinski definition) is 0. The summed E-state index contributed by atoms with van der Waals surface area (Å²) in [6.07, 6.45) is 0.811. The molecule has 4 nitrogen and oxygen atoms in total. The van der Waals surface area contributed by atoms with E-state index in [2.05, 4.69) is 40.6 Å². The van der Waals surface area contributed by atoms with Crippen molar-refractivity contribution in [3.05, 3.63) is 82.0 Å². The van der Waals surface area contributed by atoms with Crippen LogP contribution in [-0.4, -0.2) is 44.1 Å². The minimum Gasteiger partial charge on any atom is -0.497 e. The molecule has 0 N–H and O–H groups in total. The number of anilines is 1. The molecule has 0 atom stereocenters. The number of rotatable bonds is 5. The van der Waals surface area contributed by atoms with Gasteiger partial charge in [-0.3, -0.25) is 4.79 Å². The molecule has 0 aliphatic carbocycles. The topological polar surface area (TPSA) is 32.8 Å². The number of methoxy groups -OCH3 is 1. The van der Waals surface area contributed by atoms with Gasteiger partial charge in [-0.2, -0.15) is 0 Å². The average Bonchev–Trinajstić information content (AvgIpc) is 3.27. The lowest BCUT2D eigenvalue weighted by atomic mass is 10.0. The summed E-state index contributed by atoms with van der Waals surface area (Å²) in [6.45, 7) is 3.15. The lowest BCUT2D eigenvalue weighted by molar-refractivity contribution is 0.0746. The van der Waals surface area contributed by atoms with Gasteiger partial charge in [0.2, 0.25) is 0 Å². The van der Waals surface area contributed by atoms with E-state index in [9.17, 15) is 4.79 Å². The van der Waals surface area contributed by atoms with E-state index in [0.29, 0.717) is 0 Å². The summed E-state index contributed by atoms with van der Waals surface area (Å²) in [5, 5.41) is 2.08. The molecular formula is C23H24N2O2S. The number of thiophene rings is 1. The third-order valence-electron chi connectivity index (χ3n) is 5.20. The molecule has 0 radical (unpaired) electrons. The molecule has 4 rings (SSSR count). The van der Waals surface area contributed by atoms with Crippen LogP contribution in [0.15, 0.2) is 66.0 Å². The van der Waals surface area contributed by atoms with Crippen molar-refractivity contribution in [3.63, 3.8) is 0 Å². The van der Waals surface area contributed by atoms with Crippen LogP contribution >= 0.6 is 11.3 Å². The maximum atomic E-state index is 13.2. The van der Waals surface area contributed by atoms with Crippen LogP contribution in [0.2, 0.25) is 0 Å². The molecule has 1 fully saturated rings. The highest BCUT2D eigenvalue weighted by molar-refractivity contribution is 7.09. The van der Waals surface area contributed by atoms with Crippen LogP contribution < -0.4 is 9.64 Å². The highest BCUT2D eigenvalue weighted by atomic mass is 32.1. The van der Waals surface area contributed by atoms with E-state index in [0.717, 1.165) is 49.5 Å². The van der Waals surface area contributed by atoms with Crippen molar-refractivity contribution < 1.29 is 9.53 Å². The first kappa shape index (κ1) is 18.6. The Balaban J connectivity index is 1.43. The highest BCUT2D eigenvalue weighted by Crippen LogP contribution is 2.23. The van der Waals surface area contributed by atoms with Gasteiger partial charge in [0.15, 0.2) is 0 Å². The van der Waals surface area contributed by atoms with E-state index >= 15 is 0 Å². The Hall–Kier alpha value is -2.79. The van der Waals surface area contributed by atoms with Crippen LogP contribution in [0.4, 0.5) is 5.69 Å². The predicted molar refractivity (Wildman–Crippen MR) is 115 cm³/mol. The second kappa shape index (κ2) is 8.48. The van der Waals surface area contributed by atoms with Crippen molar-refractivity contribution in [2.24, 2.45) is 0 Å². The van der Waals surface area contributed by atoms with Gasteiger partial charge in [0.05, 0.1) is 7.11 Å². The van der Waals surface area contributed by atoms with Crippen LogP contribution in [0.25, 0.3) is 0 Å². The normalized spacial score (nSPS) is 14.2. The number of carbonyl (C=O) groups is 1. The van der Waals surface area contributed by atoms with E-state index in [4.69, 9.17) is 4.74 Å². The number of benzene rings is 2. The fourth-order valence-corrected chi connectivity index (χ4v) is 4.34. The molecule has 0 unspecified atom stereocenters. The molecule has 0 spiro atoms. The van der Waals surface area contributed by atoms with Gasteiger partial charge in [0.1, 0.15) is 5.75 Å². The summed E-state index contributed by atoms with van der Waals surface area (Å²) in [7, 11) is 1.68. The molecule has 1 aliphatic rings. The Morgan fingerprint density at radius 2 is 1.71 bits per heavy atom. The standard InChI is InChI=1S/C23H24N2O2S/c1-27-20-10-8-19(9-11-20)24-12-14-25(15-13-24)23(26)22-7-3-2-5-18(22)17-21-6-4-16-28-21/h2-11,16H,12-15,17H2,1H3. The fraction of sp³-hybridized carbons (Fsp3) is 0.261. The molecule has 1 aliphatic heterocycles. The molecule has 2 heterocycles. The molecule has 28 heavy (non-hydrogen) atoms. The van der Waals surface area contributed by atoms with Crippen molar-refractivity contribution in [1.82, 2.24) is 4.90 Å². The van der Waals surface area contributed by atoms with Crippen molar-refractivity contribution in [1.29, 1.82) is 0 Å². The molecule has 5 heteroatoms. The van der Waals surface area contributed by atoms with E-state index < -0.39 is 0 Å². The summed E-state index contributed by atoms with van der Waals surface area (Å²) in [6, 6.07) is 20.3. The summed E-state index contributed by atoms with van der Waals surface area (Å²) in [5.74, 6) is 1.00. The molecule has 3 aromatic rings. The van der Waals surface area contributed by atoms with E-state index in [1.807, 2.05) is 35.2 Å². The Morgan fingerprint density at radius 3 is 2.39 bits per heavy atom. The largest absolute Gasteiger partial charge is 0.497 e. The first-order valence-electron chi connectivity index (χ1n) is 9.53. The molecule has 2 aromatic carbocycles. The van der Waals surface area contributed by atoms with Crippen molar-refractivity contribution in [2.75, 3.05) is 38.2 Å². The number of carbonyl (C=O) groups excluding carboxylic acids is 1. The maximum absolute atomic E-state index is 13.2. The molecular weight excluding hydrogens is 368 g/mol. The first-order valence-corrected chi connectivity index (χ1v) is 10.4. The van der Waals surface area contributed by atoms with Gasteiger partial charge in [-0.25, -0.2) is 0 Å². The molecule has 1 amide bonds. The van der Waals surface area contributed by atoms with Gasteiger partial charge < -0.3 is 14.5 Å². The van der Waals surface area contributed by atoms with Crippen molar-refractivity contribution in [3.8, 4) is 5.75 Å². The van der Waals surface area contributed by atoms with Crippen LogP contribution in [0.3, 0.4) is 0 Å². The number of hydrogen-bond acceptors (Lipinski definition) is 4. The molecule has 1 aromatic heterocycles. The first-order chi connectivity index (χ1) is 13.7. The van der Waals surface area contributed by atoms with Crippen molar-refractivity contribution >= 4 is 22.9 Å². The lowest BCUT2D eigenvalue weighted by Gasteiger charge is -2.36. The maximum Gasteiger partial charge on any atom is 0.254 e. The zero-order chi connectivity index (χ0) is 19.3. The fourth-order valence-electron chi connectivity index (χ4n) is 3.62. The SMILES string of the molecule is COc1ccc(N2CCN(C(=O)c3ccccc3Cc3cccs3)CC2)cc1. The van der Waals surface area contributed by atoms with Crippen LogP contribution in [0.1, 0.15) is 20.8 Å². The van der Waals surface area contributed by atoms with Gasteiger partial charge in [0.25, 0.3) is 5.91 Å². The highest BCUT2D eigenvalue weighted by Gasteiger charge is 2.24. The second-order valence-electron chi connectivity index (χ2n) is 6.89. The molecule has 0 saturated carbocycles. The number of piperazine rings is 1. The van der Waals surface area contributed by atoms with E-state index in [1.54, 1.807) is 18.4 Å². The van der Waals surface area contributed by atoms with Crippen molar-refractivity contribution in [2.45, 2.75) is 6.42 Å². The Morgan fingerprint density at radius 1 is 0.964 bits per heavy atom. The van der Waals surface area contributed by atoms with E-state index in [1.165, 1.54) is 10.6 Å². The lowest BCUT2D eigenvalue weighted by Crippen LogP contribution is -2.49. The third kappa shape index (κ3) is 4.04. The van der Waals surface area contributed by atoms with Crippen LogP contribution in [-0.2, 0) is 6.42 Å². The Bertz CT molecular complexity index is 914. The molecule has 1 saturated heterocycles. The molecule has 0 bridgehead atoms. The minimum absolute atomic E-state index is 0.140. The monoisotopic (exact) mass is 392 g/mol. The Kier molecular flexibility index (Phi) is 5.63. The number of amides is 1. The summed E-state index contributed by atoms with van der Waals surface area (Å²) >= 11 is 1.73. The summed E-state index contributed by atoms with van der Waals surface area (Å²) in [5.41, 5.74) is 3.10. The van der Waals surface area contributed by atoms with Gasteiger partial charge in [-0.05, 0) is 47.3 Å². The van der Waals surface area contributed by atoms with Crippen LogP contribution in [0.5, 0.6) is 5.75 Å². The second-order valence-corrected chi connectivity index (χ2v) is 7.92. The quantitative estimate of drug-likeness (QED) is 0.649. The van der Waals surface area contributed by atoms with Gasteiger partial charge in [0, 0.05) is 48.7 Å². The third-order valence-corrected chi connectivity index (χ3v) is 6.07. The number of ether oxygens (including phenoxy) is 1. The average molecular weight is 393 g/mol. The van der Waals surface area contributed by atoms with E-state index in [-0.39, 0.29) is 5.91 Å². The van der Waals surface area contributed by atoms with Crippen LogP contribution in [0, 0.1) is 0 Å². The van der Waals surface area contributed by atoms with Gasteiger partial charge in [-0.1, -0.05) is 24.3 Å².